The smallest absolute Gasteiger partial charge is 0.455 e. The van der Waals surface area contributed by atoms with Gasteiger partial charge in [-0.15, -0.1) is 0 Å². The van der Waals surface area contributed by atoms with Crippen LogP contribution >= 0.6 is 0 Å². The molecule has 0 amide bonds. The van der Waals surface area contributed by atoms with Gasteiger partial charge >= 0.3 is 12.1 Å². The number of benzene rings is 1. The average molecular weight is 285 g/mol. The highest BCUT2D eigenvalue weighted by Crippen LogP contribution is 2.45. The van der Waals surface area contributed by atoms with Gasteiger partial charge in [-0.05, 0) is 12.1 Å². The maximum absolute atomic E-state index is 13.2. The fraction of sp³-hybridized carbons (Fsp3) is 0.455. The molecule has 2 N–H and O–H groups in total. The van der Waals surface area contributed by atoms with Crippen LogP contribution < -0.4 is 15.2 Å². The standard InChI is InChI=1S/C11H12F5NO2/c1-18-6-3-4-7(8(5-6)19-2)9(17)10(12,13)11(14,15)16/h3-5,9H,17H2,1-2H3/t9-/m1/s1. The minimum atomic E-state index is -5.74. The van der Waals surface area contributed by atoms with Crippen molar-refractivity contribution in [2.75, 3.05) is 14.2 Å². The van der Waals surface area contributed by atoms with Gasteiger partial charge in [-0.1, -0.05) is 0 Å². The van der Waals surface area contributed by atoms with Crippen molar-refractivity contribution in [2.45, 2.75) is 18.1 Å². The summed E-state index contributed by atoms with van der Waals surface area (Å²) in [6, 6.07) is 0.863. The average Bonchev–Trinajstić information content (AvgIpc) is 2.35. The Morgan fingerprint density at radius 3 is 2.05 bits per heavy atom. The number of methoxy groups -OCH3 is 2. The number of nitrogens with two attached hydrogens (primary N) is 1. The van der Waals surface area contributed by atoms with Crippen molar-refractivity contribution < 1.29 is 31.4 Å². The van der Waals surface area contributed by atoms with Gasteiger partial charge in [0.1, 0.15) is 17.5 Å². The lowest BCUT2D eigenvalue weighted by Gasteiger charge is -2.27. The molecule has 0 radical (unpaired) electrons. The summed E-state index contributed by atoms with van der Waals surface area (Å²) >= 11 is 0. The molecule has 0 unspecified atom stereocenters. The number of rotatable bonds is 4. The third kappa shape index (κ3) is 2.89. The lowest BCUT2D eigenvalue weighted by molar-refractivity contribution is -0.291. The van der Waals surface area contributed by atoms with Gasteiger partial charge in [0.15, 0.2) is 0 Å². The summed E-state index contributed by atoms with van der Waals surface area (Å²) in [7, 11) is 2.45. The van der Waals surface area contributed by atoms with E-state index in [1.807, 2.05) is 0 Å². The molecular formula is C11H12F5NO2. The molecule has 0 heterocycles. The summed E-state index contributed by atoms with van der Waals surface area (Å²) in [6.07, 6.45) is -5.74. The monoisotopic (exact) mass is 285 g/mol. The third-order valence-corrected chi connectivity index (χ3v) is 2.54. The molecule has 108 valence electrons. The van der Waals surface area contributed by atoms with Gasteiger partial charge in [0.25, 0.3) is 0 Å². The molecule has 1 aromatic carbocycles. The minimum absolute atomic E-state index is 0.198. The number of ether oxygens (including phenoxy) is 2. The largest absolute Gasteiger partial charge is 0.497 e. The predicted molar refractivity (Wildman–Crippen MR) is 57.5 cm³/mol. The quantitative estimate of drug-likeness (QED) is 0.865. The van der Waals surface area contributed by atoms with Crippen molar-refractivity contribution in [1.29, 1.82) is 0 Å². The zero-order valence-electron chi connectivity index (χ0n) is 10.1. The van der Waals surface area contributed by atoms with E-state index in [-0.39, 0.29) is 11.5 Å². The van der Waals surface area contributed by atoms with Crippen LogP contribution in [0.4, 0.5) is 22.0 Å². The lowest BCUT2D eigenvalue weighted by atomic mass is 9.99. The molecular weight excluding hydrogens is 273 g/mol. The number of alkyl halides is 5. The van der Waals surface area contributed by atoms with Gasteiger partial charge in [0, 0.05) is 11.6 Å². The Morgan fingerprint density at radius 2 is 1.63 bits per heavy atom. The van der Waals surface area contributed by atoms with Crippen LogP contribution in [0.3, 0.4) is 0 Å². The second-order valence-electron chi connectivity index (χ2n) is 3.71. The molecule has 0 saturated heterocycles. The maximum Gasteiger partial charge on any atom is 0.455 e. The molecule has 0 bridgehead atoms. The van der Waals surface area contributed by atoms with E-state index >= 15 is 0 Å². The van der Waals surface area contributed by atoms with E-state index in [1.54, 1.807) is 0 Å². The zero-order chi connectivity index (χ0) is 14.8. The third-order valence-electron chi connectivity index (χ3n) is 2.54. The number of halogens is 5. The second-order valence-corrected chi connectivity index (χ2v) is 3.71. The fourth-order valence-electron chi connectivity index (χ4n) is 1.45. The minimum Gasteiger partial charge on any atom is -0.497 e. The maximum atomic E-state index is 13.2. The molecule has 0 aliphatic rings. The summed E-state index contributed by atoms with van der Waals surface area (Å²) in [6.45, 7) is 0. The van der Waals surface area contributed by atoms with Gasteiger partial charge in [0.2, 0.25) is 0 Å². The van der Waals surface area contributed by atoms with Crippen molar-refractivity contribution in [1.82, 2.24) is 0 Å². The second kappa shape index (κ2) is 5.20. The van der Waals surface area contributed by atoms with Gasteiger partial charge in [-0.2, -0.15) is 22.0 Å². The molecule has 8 heteroatoms. The normalized spacial score (nSPS) is 14.1. The first-order valence-electron chi connectivity index (χ1n) is 5.07. The van der Waals surface area contributed by atoms with E-state index in [2.05, 4.69) is 0 Å². The molecule has 1 rings (SSSR count). The van der Waals surface area contributed by atoms with Crippen molar-refractivity contribution in [3.05, 3.63) is 23.8 Å². The Bertz CT molecular complexity index is 447. The van der Waals surface area contributed by atoms with Gasteiger partial charge in [0.05, 0.1) is 14.2 Å². The van der Waals surface area contributed by atoms with Crippen LogP contribution in [0, 0.1) is 0 Å². The first-order chi connectivity index (χ1) is 8.65. The van der Waals surface area contributed by atoms with E-state index in [1.165, 1.54) is 19.2 Å². The summed E-state index contributed by atoms with van der Waals surface area (Å²) in [5.74, 6) is -5.01. The van der Waals surface area contributed by atoms with E-state index in [0.717, 1.165) is 13.2 Å². The SMILES string of the molecule is COc1ccc([C@@H](N)C(F)(F)C(F)(F)F)c(OC)c1. The highest BCUT2D eigenvalue weighted by atomic mass is 19.4. The van der Waals surface area contributed by atoms with Crippen LogP contribution in [0.1, 0.15) is 11.6 Å². The van der Waals surface area contributed by atoms with Gasteiger partial charge in [-0.25, -0.2) is 0 Å². The Morgan fingerprint density at radius 1 is 1.05 bits per heavy atom. The Hall–Kier alpha value is -1.57. The first kappa shape index (κ1) is 15.5. The molecule has 0 spiro atoms. The van der Waals surface area contributed by atoms with E-state index in [4.69, 9.17) is 15.2 Å². The van der Waals surface area contributed by atoms with Crippen LogP contribution in [0.2, 0.25) is 0 Å². The van der Waals surface area contributed by atoms with Crippen LogP contribution in [0.25, 0.3) is 0 Å². The van der Waals surface area contributed by atoms with Crippen LogP contribution in [-0.2, 0) is 0 Å². The molecule has 0 saturated carbocycles. The van der Waals surface area contributed by atoms with Crippen LogP contribution in [0.5, 0.6) is 11.5 Å². The van der Waals surface area contributed by atoms with Crippen molar-refractivity contribution >= 4 is 0 Å². The topological polar surface area (TPSA) is 44.5 Å². The predicted octanol–water partition coefficient (Wildman–Crippen LogP) is 2.90. The fourth-order valence-corrected chi connectivity index (χ4v) is 1.45. The van der Waals surface area contributed by atoms with E-state index < -0.39 is 23.7 Å². The Labute approximate surface area is 106 Å². The first-order valence-corrected chi connectivity index (χ1v) is 5.07. The van der Waals surface area contributed by atoms with Crippen molar-refractivity contribution in [2.24, 2.45) is 5.73 Å². The molecule has 0 aliphatic carbocycles. The molecule has 19 heavy (non-hydrogen) atoms. The molecule has 0 fully saturated rings. The molecule has 0 aromatic heterocycles. The molecule has 1 aromatic rings. The van der Waals surface area contributed by atoms with Gasteiger partial charge in [-0.3, -0.25) is 0 Å². The van der Waals surface area contributed by atoms with E-state index in [9.17, 15) is 22.0 Å². The summed E-state index contributed by atoms with van der Waals surface area (Å²) in [4.78, 5) is 0. The Balaban J connectivity index is 3.23. The van der Waals surface area contributed by atoms with Crippen molar-refractivity contribution in [3.63, 3.8) is 0 Å². The highest BCUT2D eigenvalue weighted by Gasteiger charge is 2.62. The van der Waals surface area contributed by atoms with Crippen LogP contribution in [-0.4, -0.2) is 26.3 Å². The molecule has 3 nitrogen and oxygen atoms in total. The molecule has 1 atom stereocenters. The highest BCUT2D eigenvalue weighted by molar-refractivity contribution is 5.43. The summed E-state index contributed by atoms with van der Waals surface area (Å²) in [5, 5.41) is 0. The van der Waals surface area contributed by atoms with Crippen molar-refractivity contribution in [3.8, 4) is 11.5 Å². The zero-order valence-corrected chi connectivity index (χ0v) is 10.1. The summed E-state index contributed by atoms with van der Waals surface area (Å²) < 4.78 is 72.7. The number of hydrogen-bond acceptors (Lipinski definition) is 3. The lowest BCUT2D eigenvalue weighted by Crippen LogP contribution is -2.45. The van der Waals surface area contributed by atoms with Gasteiger partial charge < -0.3 is 15.2 Å². The van der Waals surface area contributed by atoms with Crippen LogP contribution in [0.15, 0.2) is 18.2 Å². The van der Waals surface area contributed by atoms with E-state index in [0.29, 0.717) is 0 Å². The Kier molecular flexibility index (Phi) is 4.24. The molecule has 0 aliphatic heterocycles. The summed E-state index contributed by atoms with van der Waals surface area (Å²) in [5.41, 5.74) is 4.58. The number of hydrogen-bond donors (Lipinski definition) is 1.